The van der Waals surface area contributed by atoms with Gasteiger partial charge in [0.2, 0.25) is 0 Å². The Kier molecular flexibility index (Phi) is 4.60. The molecule has 4 nitrogen and oxygen atoms in total. The molecule has 2 rings (SSSR count). The third kappa shape index (κ3) is 3.71. The number of urea groups is 1. The van der Waals surface area contributed by atoms with Crippen LogP contribution in [0.1, 0.15) is 18.4 Å². The minimum atomic E-state index is -0.199. The molecule has 1 aromatic carbocycles. The Bertz CT molecular complexity index is 431. The van der Waals surface area contributed by atoms with Crippen LogP contribution in [0.4, 0.5) is 10.5 Å². The summed E-state index contributed by atoms with van der Waals surface area (Å²) in [4.78, 5) is 11.7. The van der Waals surface area contributed by atoms with Crippen LogP contribution in [0.3, 0.4) is 0 Å². The number of aryl methyl sites for hydroxylation is 1. The summed E-state index contributed by atoms with van der Waals surface area (Å²) in [5.74, 6) is 0. The van der Waals surface area contributed by atoms with Gasteiger partial charge >= 0.3 is 6.03 Å². The van der Waals surface area contributed by atoms with Crippen LogP contribution in [0.25, 0.3) is 0 Å². The lowest BCUT2D eigenvalue weighted by Gasteiger charge is -2.12. The van der Waals surface area contributed by atoms with Gasteiger partial charge in [0, 0.05) is 17.6 Å². The molecule has 0 spiro atoms. The highest BCUT2D eigenvalue weighted by atomic mass is 79.9. The van der Waals surface area contributed by atoms with Crippen LogP contribution < -0.4 is 10.6 Å². The number of hydrogen-bond donors (Lipinski definition) is 2. The number of carbonyl (C=O) groups is 1. The second kappa shape index (κ2) is 6.20. The summed E-state index contributed by atoms with van der Waals surface area (Å²) in [6.07, 6.45) is 2.27. The molecule has 0 bridgehead atoms. The van der Waals surface area contributed by atoms with Crippen LogP contribution in [0.2, 0.25) is 0 Å². The zero-order valence-electron chi connectivity index (χ0n) is 10.3. The SMILES string of the molecule is Cc1ccc(NC(=O)NCC2CCCO2)c(Br)c1. The van der Waals surface area contributed by atoms with E-state index in [4.69, 9.17) is 4.74 Å². The molecule has 18 heavy (non-hydrogen) atoms. The molecule has 0 radical (unpaired) electrons. The first kappa shape index (κ1) is 13.4. The summed E-state index contributed by atoms with van der Waals surface area (Å²) in [5, 5.41) is 5.63. The van der Waals surface area contributed by atoms with Crippen molar-refractivity contribution in [1.82, 2.24) is 5.32 Å². The molecule has 1 aromatic rings. The number of benzene rings is 1. The highest BCUT2D eigenvalue weighted by molar-refractivity contribution is 9.10. The van der Waals surface area contributed by atoms with Crippen molar-refractivity contribution in [1.29, 1.82) is 0 Å². The minimum absolute atomic E-state index is 0.164. The zero-order chi connectivity index (χ0) is 13.0. The van der Waals surface area contributed by atoms with Crippen LogP contribution in [0.15, 0.2) is 22.7 Å². The minimum Gasteiger partial charge on any atom is -0.376 e. The summed E-state index contributed by atoms with van der Waals surface area (Å²) in [6.45, 7) is 3.37. The second-order valence-corrected chi connectivity index (χ2v) is 5.31. The smallest absolute Gasteiger partial charge is 0.319 e. The van der Waals surface area contributed by atoms with E-state index in [1.807, 2.05) is 25.1 Å². The number of carbonyl (C=O) groups excluding carboxylic acids is 1. The molecule has 1 saturated heterocycles. The summed E-state index contributed by atoms with van der Waals surface area (Å²) in [6, 6.07) is 5.61. The molecule has 1 unspecified atom stereocenters. The molecule has 0 aliphatic carbocycles. The van der Waals surface area contributed by atoms with Gasteiger partial charge in [-0.05, 0) is 53.4 Å². The van der Waals surface area contributed by atoms with Gasteiger partial charge in [0.25, 0.3) is 0 Å². The van der Waals surface area contributed by atoms with E-state index in [-0.39, 0.29) is 12.1 Å². The maximum absolute atomic E-state index is 11.7. The molecule has 2 N–H and O–H groups in total. The quantitative estimate of drug-likeness (QED) is 0.901. The maximum atomic E-state index is 11.7. The average molecular weight is 313 g/mol. The summed E-state index contributed by atoms with van der Waals surface area (Å²) < 4.78 is 6.33. The van der Waals surface area contributed by atoms with Crippen molar-refractivity contribution in [3.05, 3.63) is 28.2 Å². The van der Waals surface area contributed by atoms with E-state index in [0.717, 1.165) is 35.2 Å². The Morgan fingerprint density at radius 1 is 1.56 bits per heavy atom. The van der Waals surface area contributed by atoms with Gasteiger partial charge in [-0.2, -0.15) is 0 Å². The summed E-state index contributed by atoms with van der Waals surface area (Å²) in [5.41, 5.74) is 1.91. The molecule has 2 amide bonds. The number of hydrogen-bond acceptors (Lipinski definition) is 2. The normalized spacial score (nSPS) is 18.7. The number of halogens is 1. The Hall–Kier alpha value is -1.07. The van der Waals surface area contributed by atoms with E-state index in [1.165, 1.54) is 0 Å². The monoisotopic (exact) mass is 312 g/mol. The molecular weight excluding hydrogens is 296 g/mol. The fourth-order valence-electron chi connectivity index (χ4n) is 1.90. The number of nitrogens with one attached hydrogen (secondary N) is 2. The van der Waals surface area contributed by atoms with Gasteiger partial charge in [-0.3, -0.25) is 0 Å². The number of ether oxygens (including phenoxy) is 1. The van der Waals surface area contributed by atoms with E-state index < -0.39 is 0 Å². The first-order valence-electron chi connectivity index (χ1n) is 6.08. The van der Waals surface area contributed by atoms with Crippen molar-refractivity contribution in [2.75, 3.05) is 18.5 Å². The zero-order valence-corrected chi connectivity index (χ0v) is 11.9. The first-order valence-corrected chi connectivity index (χ1v) is 6.87. The molecule has 0 saturated carbocycles. The summed E-state index contributed by atoms with van der Waals surface area (Å²) in [7, 11) is 0. The van der Waals surface area contributed by atoms with Gasteiger partial charge in [0.15, 0.2) is 0 Å². The van der Waals surface area contributed by atoms with Crippen molar-refractivity contribution >= 4 is 27.6 Å². The fourth-order valence-corrected chi connectivity index (χ4v) is 2.49. The Morgan fingerprint density at radius 2 is 2.39 bits per heavy atom. The molecule has 1 heterocycles. The second-order valence-electron chi connectivity index (χ2n) is 4.45. The fraction of sp³-hybridized carbons (Fsp3) is 0.462. The Balaban J connectivity index is 1.82. The van der Waals surface area contributed by atoms with Gasteiger partial charge in [0.05, 0.1) is 11.8 Å². The lowest BCUT2D eigenvalue weighted by molar-refractivity contribution is 0.112. The molecule has 1 atom stereocenters. The molecule has 1 aliphatic rings. The molecule has 5 heteroatoms. The van der Waals surface area contributed by atoms with Crippen molar-refractivity contribution in [3.63, 3.8) is 0 Å². The topological polar surface area (TPSA) is 50.4 Å². The van der Waals surface area contributed by atoms with Crippen molar-refractivity contribution < 1.29 is 9.53 Å². The third-order valence-electron chi connectivity index (χ3n) is 2.89. The predicted octanol–water partition coefficient (Wildman–Crippen LogP) is 3.06. The van der Waals surface area contributed by atoms with Crippen molar-refractivity contribution in [3.8, 4) is 0 Å². The number of amides is 2. The molecule has 98 valence electrons. The molecular formula is C13H17BrN2O2. The Morgan fingerprint density at radius 3 is 3.06 bits per heavy atom. The maximum Gasteiger partial charge on any atom is 0.319 e. The van der Waals surface area contributed by atoms with Crippen molar-refractivity contribution in [2.45, 2.75) is 25.9 Å². The van der Waals surface area contributed by atoms with Crippen LogP contribution in [0, 0.1) is 6.92 Å². The van der Waals surface area contributed by atoms with Crippen LogP contribution in [-0.4, -0.2) is 25.3 Å². The standard InChI is InChI=1S/C13H17BrN2O2/c1-9-4-5-12(11(14)7-9)16-13(17)15-8-10-3-2-6-18-10/h4-5,7,10H,2-3,6,8H2,1H3,(H2,15,16,17). The largest absolute Gasteiger partial charge is 0.376 e. The molecule has 0 aromatic heterocycles. The van der Waals surface area contributed by atoms with E-state index in [0.29, 0.717) is 6.54 Å². The van der Waals surface area contributed by atoms with Crippen LogP contribution in [-0.2, 0) is 4.74 Å². The van der Waals surface area contributed by atoms with E-state index in [1.54, 1.807) is 0 Å². The number of rotatable bonds is 3. The van der Waals surface area contributed by atoms with Gasteiger partial charge in [0.1, 0.15) is 0 Å². The van der Waals surface area contributed by atoms with Crippen LogP contribution >= 0.6 is 15.9 Å². The van der Waals surface area contributed by atoms with E-state index >= 15 is 0 Å². The van der Waals surface area contributed by atoms with Crippen molar-refractivity contribution in [2.24, 2.45) is 0 Å². The van der Waals surface area contributed by atoms with E-state index in [9.17, 15) is 4.79 Å². The molecule has 1 aliphatic heterocycles. The van der Waals surface area contributed by atoms with Gasteiger partial charge in [-0.25, -0.2) is 4.79 Å². The Labute approximate surface area is 115 Å². The average Bonchev–Trinajstić information content (AvgIpc) is 2.83. The lowest BCUT2D eigenvalue weighted by atomic mass is 10.2. The van der Waals surface area contributed by atoms with Gasteiger partial charge < -0.3 is 15.4 Å². The van der Waals surface area contributed by atoms with Gasteiger partial charge in [-0.15, -0.1) is 0 Å². The highest BCUT2D eigenvalue weighted by Gasteiger charge is 2.16. The van der Waals surface area contributed by atoms with Gasteiger partial charge in [-0.1, -0.05) is 6.07 Å². The van der Waals surface area contributed by atoms with Crippen LogP contribution in [0.5, 0.6) is 0 Å². The summed E-state index contributed by atoms with van der Waals surface area (Å²) >= 11 is 3.43. The number of anilines is 1. The highest BCUT2D eigenvalue weighted by Crippen LogP contribution is 2.23. The first-order chi connectivity index (χ1) is 8.65. The molecule has 1 fully saturated rings. The lowest BCUT2D eigenvalue weighted by Crippen LogP contribution is -2.35. The predicted molar refractivity (Wildman–Crippen MR) is 74.9 cm³/mol. The van der Waals surface area contributed by atoms with E-state index in [2.05, 4.69) is 26.6 Å². The third-order valence-corrected chi connectivity index (χ3v) is 3.54.